The van der Waals surface area contributed by atoms with Crippen LogP contribution in [0.5, 0.6) is 0 Å². The molecule has 3 N–H and O–H groups in total. The highest BCUT2D eigenvalue weighted by molar-refractivity contribution is 7.89. The van der Waals surface area contributed by atoms with Crippen LogP contribution >= 0.6 is 0 Å². The first kappa shape index (κ1) is 14.9. The van der Waals surface area contributed by atoms with E-state index in [1.54, 1.807) is 6.07 Å². The molecule has 0 unspecified atom stereocenters. The molecule has 18 heavy (non-hydrogen) atoms. The monoisotopic (exact) mass is 271 g/mol. The molecule has 1 rings (SSSR count). The van der Waals surface area contributed by atoms with Gasteiger partial charge in [-0.05, 0) is 23.5 Å². The van der Waals surface area contributed by atoms with Crippen molar-refractivity contribution in [1.82, 2.24) is 9.71 Å². The fourth-order valence-corrected chi connectivity index (χ4v) is 2.46. The topological polar surface area (TPSA) is 85.1 Å². The summed E-state index contributed by atoms with van der Waals surface area (Å²) in [4.78, 5) is 3.82. The van der Waals surface area contributed by atoms with Crippen LogP contribution in [0.15, 0.2) is 23.4 Å². The lowest BCUT2D eigenvalue weighted by Gasteiger charge is -2.29. The van der Waals surface area contributed by atoms with Gasteiger partial charge in [0, 0.05) is 12.7 Å². The standard InChI is InChI=1S/C12H21N3O2S/c1-9(2)12(3,4)8-15-18(16,17)11-10(13)6-5-7-14-11/h5-7,9,15H,8,13H2,1-4H3. The summed E-state index contributed by atoms with van der Waals surface area (Å²) in [7, 11) is -3.64. The van der Waals surface area contributed by atoms with Gasteiger partial charge in [-0.1, -0.05) is 27.7 Å². The smallest absolute Gasteiger partial charge is 0.260 e. The minimum atomic E-state index is -3.64. The molecular formula is C12H21N3O2S. The summed E-state index contributed by atoms with van der Waals surface area (Å²) in [5.41, 5.74) is 5.66. The van der Waals surface area contributed by atoms with Crippen LogP contribution in [0.1, 0.15) is 27.7 Å². The third kappa shape index (κ3) is 3.43. The van der Waals surface area contributed by atoms with E-state index in [9.17, 15) is 8.42 Å². The Kier molecular flexibility index (Phi) is 4.34. The Hall–Kier alpha value is -1.14. The van der Waals surface area contributed by atoms with E-state index < -0.39 is 10.0 Å². The summed E-state index contributed by atoms with van der Waals surface area (Å²) >= 11 is 0. The zero-order valence-electron chi connectivity index (χ0n) is 11.3. The quantitative estimate of drug-likeness (QED) is 0.852. The molecule has 1 aromatic rings. The molecule has 0 aliphatic heterocycles. The van der Waals surface area contributed by atoms with Crippen LogP contribution in [0.25, 0.3) is 0 Å². The maximum atomic E-state index is 12.1. The first-order valence-electron chi connectivity index (χ1n) is 5.87. The molecule has 0 aromatic carbocycles. The van der Waals surface area contributed by atoms with Crippen LogP contribution in [0.4, 0.5) is 5.69 Å². The molecule has 1 aromatic heterocycles. The normalized spacial score (nSPS) is 12.9. The van der Waals surface area contributed by atoms with Gasteiger partial charge in [0.2, 0.25) is 0 Å². The van der Waals surface area contributed by atoms with Gasteiger partial charge in [0.1, 0.15) is 0 Å². The molecule has 0 aliphatic carbocycles. The number of sulfonamides is 1. The van der Waals surface area contributed by atoms with Gasteiger partial charge in [0.05, 0.1) is 5.69 Å². The number of anilines is 1. The largest absolute Gasteiger partial charge is 0.396 e. The molecule has 0 aliphatic rings. The molecule has 0 bridgehead atoms. The second kappa shape index (κ2) is 5.24. The number of rotatable bonds is 5. The number of nitrogens with one attached hydrogen (secondary N) is 1. The molecule has 0 spiro atoms. The van der Waals surface area contributed by atoms with Crippen molar-refractivity contribution in [1.29, 1.82) is 0 Å². The zero-order chi connectivity index (χ0) is 14.0. The molecule has 0 saturated carbocycles. The second-order valence-electron chi connectivity index (χ2n) is 5.37. The molecule has 0 amide bonds. The summed E-state index contributed by atoms with van der Waals surface area (Å²) in [6, 6.07) is 3.13. The Morgan fingerprint density at radius 3 is 2.56 bits per heavy atom. The van der Waals surface area contributed by atoms with Crippen LogP contribution in [0, 0.1) is 11.3 Å². The Balaban J connectivity index is 2.88. The van der Waals surface area contributed by atoms with Gasteiger partial charge in [-0.2, -0.15) is 0 Å². The summed E-state index contributed by atoms with van der Waals surface area (Å²) in [6.45, 7) is 8.50. The van der Waals surface area contributed by atoms with Crippen molar-refractivity contribution in [3.63, 3.8) is 0 Å². The third-order valence-corrected chi connectivity index (χ3v) is 4.71. The maximum absolute atomic E-state index is 12.1. The van der Waals surface area contributed by atoms with E-state index >= 15 is 0 Å². The van der Waals surface area contributed by atoms with Crippen molar-refractivity contribution in [3.8, 4) is 0 Å². The minimum Gasteiger partial charge on any atom is -0.396 e. The van der Waals surface area contributed by atoms with Crippen LogP contribution in [-0.2, 0) is 10.0 Å². The highest BCUT2D eigenvalue weighted by atomic mass is 32.2. The number of aromatic nitrogens is 1. The van der Waals surface area contributed by atoms with Crippen molar-refractivity contribution in [3.05, 3.63) is 18.3 Å². The summed E-state index contributed by atoms with van der Waals surface area (Å²) < 4.78 is 26.7. The number of hydrogen-bond donors (Lipinski definition) is 2. The number of nitrogens with zero attached hydrogens (tertiary/aromatic N) is 1. The number of hydrogen-bond acceptors (Lipinski definition) is 4. The predicted molar refractivity (Wildman–Crippen MR) is 72.5 cm³/mol. The van der Waals surface area contributed by atoms with Gasteiger partial charge in [-0.25, -0.2) is 18.1 Å². The lowest BCUT2D eigenvalue weighted by molar-refractivity contribution is 0.252. The lowest BCUT2D eigenvalue weighted by Crippen LogP contribution is -2.37. The number of nitrogen functional groups attached to an aromatic ring is 1. The average Bonchev–Trinajstić information content (AvgIpc) is 2.27. The van der Waals surface area contributed by atoms with Crippen LogP contribution in [-0.4, -0.2) is 19.9 Å². The molecule has 0 saturated heterocycles. The van der Waals surface area contributed by atoms with E-state index in [1.807, 2.05) is 13.8 Å². The summed E-state index contributed by atoms with van der Waals surface area (Å²) in [6.07, 6.45) is 1.42. The Bertz CT molecular complexity index is 510. The van der Waals surface area contributed by atoms with E-state index in [-0.39, 0.29) is 16.1 Å². The van der Waals surface area contributed by atoms with Gasteiger partial charge >= 0.3 is 0 Å². The van der Waals surface area contributed by atoms with Gasteiger partial charge in [-0.15, -0.1) is 0 Å². The van der Waals surface area contributed by atoms with Gasteiger partial charge in [0.15, 0.2) is 5.03 Å². The molecule has 6 heteroatoms. The first-order valence-corrected chi connectivity index (χ1v) is 7.35. The Morgan fingerprint density at radius 2 is 2.06 bits per heavy atom. The third-order valence-electron chi connectivity index (χ3n) is 3.34. The zero-order valence-corrected chi connectivity index (χ0v) is 12.1. The van der Waals surface area contributed by atoms with E-state index in [1.165, 1.54) is 12.3 Å². The van der Waals surface area contributed by atoms with Gasteiger partial charge < -0.3 is 5.73 Å². The molecule has 0 fully saturated rings. The van der Waals surface area contributed by atoms with E-state index in [0.717, 1.165) is 0 Å². The Labute approximate surface area is 109 Å². The number of pyridine rings is 1. The van der Waals surface area contributed by atoms with E-state index in [4.69, 9.17) is 5.73 Å². The fourth-order valence-electron chi connectivity index (χ4n) is 1.18. The molecule has 102 valence electrons. The SMILES string of the molecule is CC(C)C(C)(C)CNS(=O)(=O)c1ncccc1N. The summed E-state index contributed by atoms with van der Waals surface area (Å²) in [5, 5.41) is -0.107. The highest BCUT2D eigenvalue weighted by Crippen LogP contribution is 2.25. The molecule has 0 atom stereocenters. The van der Waals surface area contributed by atoms with Crippen molar-refractivity contribution in [2.45, 2.75) is 32.7 Å². The van der Waals surface area contributed by atoms with Gasteiger partial charge in [-0.3, -0.25) is 0 Å². The van der Waals surface area contributed by atoms with Crippen molar-refractivity contribution < 1.29 is 8.42 Å². The first-order chi connectivity index (χ1) is 8.17. The van der Waals surface area contributed by atoms with E-state index in [0.29, 0.717) is 12.5 Å². The second-order valence-corrected chi connectivity index (χ2v) is 7.05. The highest BCUT2D eigenvalue weighted by Gasteiger charge is 2.26. The lowest BCUT2D eigenvalue weighted by atomic mass is 9.81. The molecule has 1 heterocycles. The minimum absolute atomic E-state index is 0.107. The fraction of sp³-hybridized carbons (Fsp3) is 0.583. The molecule has 5 nitrogen and oxygen atoms in total. The van der Waals surface area contributed by atoms with Crippen molar-refractivity contribution >= 4 is 15.7 Å². The molecule has 0 radical (unpaired) electrons. The van der Waals surface area contributed by atoms with Crippen molar-refractivity contribution in [2.24, 2.45) is 11.3 Å². The van der Waals surface area contributed by atoms with Crippen LogP contribution < -0.4 is 10.5 Å². The van der Waals surface area contributed by atoms with Crippen LogP contribution in [0.3, 0.4) is 0 Å². The summed E-state index contributed by atoms with van der Waals surface area (Å²) in [5.74, 6) is 0.362. The number of nitrogens with two attached hydrogens (primary N) is 1. The maximum Gasteiger partial charge on any atom is 0.260 e. The Morgan fingerprint density at radius 1 is 1.44 bits per heavy atom. The molecular weight excluding hydrogens is 250 g/mol. The van der Waals surface area contributed by atoms with Gasteiger partial charge in [0.25, 0.3) is 10.0 Å². The predicted octanol–water partition coefficient (Wildman–Crippen LogP) is 1.62. The average molecular weight is 271 g/mol. The van der Waals surface area contributed by atoms with Crippen molar-refractivity contribution in [2.75, 3.05) is 12.3 Å². The van der Waals surface area contributed by atoms with E-state index in [2.05, 4.69) is 23.6 Å². The van der Waals surface area contributed by atoms with Crippen LogP contribution in [0.2, 0.25) is 0 Å².